The van der Waals surface area contributed by atoms with Gasteiger partial charge in [-0.15, -0.1) is 0 Å². The molecule has 3 aromatic rings. The monoisotopic (exact) mass is 503 g/mol. The lowest BCUT2D eigenvalue weighted by Crippen LogP contribution is -2.57. The fourth-order valence-electron chi connectivity index (χ4n) is 5.69. The molecule has 1 unspecified atom stereocenters. The summed E-state index contributed by atoms with van der Waals surface area (Å²) >= 11 is 0. The quantitative estimate of drug-likeness (QED) is 0.480. The lowest BCUT2D eigenvalue weighted by atomic mass is 9.81. The molecule has 37 heavy (non-hydrogen) atoms. The first-order valence-corrected chi connectivity index (χ1v) is 12.9. The summed E-state index contributed by atoms with van der Waals surface area (Å²) in [6.07, 6.45) is 1.03. The van der Waals surface area contributed by atoms with Crippen LogP contribution in [0.2, 0.25) is 0 Å². The zero-order chi connectivity index (χ0) is 26.2. The fraction of sp³-hybridized carbons (Fsp3) is 0.400. The van der Waals surface area contributed by atoms with Crippen molar-refractivity contribution >= 4 is 16.8 Å². The number of pyridine rings is 1. The van der Waals surface area contributed by atoms with Crippen LogP contribution in [0.3, 0.4) is 0 Å². The van der Waals surface area contributed by atoms with Crippen molar-refractivity contribution in [2.45, 2.75) is 64.4 Å². The Hall–Kier alpha value is -3.45. The van der Waals surface area contributed by atoms with Crippen molar-refractivity contribution in [3.05, 3.63) is 83.2 Å². The van der Waals surface area contributed by atoms with Gasteiger partial charge in [-0.3, -0.25) is 9.69 Å². The second-order valence-electron chi connectivity index (χ2n) is 10.3. The van der Waals surface area contributed by atoms with Gasteiger partial charge in [-0.2, -0.15) is 0 Å². The zero-order valence-corrected chi connectivity index (χ0v) is 21.7. The van der Waals surface area contributed by atoms with Crippen LogP contribution in [-0.2, 0) is 21.5 Å². The average molecular weight is 504 g/mol. The number of halogens is 1. The highest BCUT2D eigenvalue weighted by molar-refractivity contribution is 5.82. The number of carbonyl (C=O) groups excluding carboxylic acids is 1. The summed E-state index contributed by atoms with van der Waals surface area (Å²) in [6.45, 7) is 11.0. The summed E-state index contributed by atoms with van der Waals surface area (Å²) in [4.78, 5) is 19.8. The van der Waals surface area contributed by atoms with Crippen LogP contribution in [0.1, 0.15) is 55.4 Å². The third kappa shape index (κ3) is 5.05. The molecular weight excluding hydrogens is 469 g/mol. The lowest BCUT2D eigenvalue weighted by molar-refractivity contribution is -0.137. The molecule has 2 aliphatic rings. The number of hydrogen-bond acceptors (Lipinski definition) is 5. The van der Waals surface area contributed by atoms with Crippen LogP contribution in [0.5, 0.6) is 5.88 Å². The molecule has 0 spiro atoms. The molecule has 2 atom stereocenters. The smallest absolute Gasteiger partial charge is 0.237 e. The van der Waals surface area contributed by atoms with E-state index in [1.54, 1.807) is 0 Å². The van der Waals surface area contributed by atoms with Gasteiger partial charge >= 0.3 is 0 Å². The Morgan fingerprint density at radius 3 is 2.70 bits per heavy atom. The van der Waals surface area contributed by atoms with Crippen molar-refractivity contribution in [3.63, 3.8) is 0 Å². The molecule has 7 heteroatoms. The molecule has 1 N–H and O–H groups in total. The van der Waals surface area contributed by atoms with Crippen LogP contribution in [0.25, 0.3) is 10.9 Å². The summed E-state index contributed by atoms with van der Waals surface area (Å²) in [6, 6.07) is 16.0. The van der Waals surface area contributed by atoms with Gasteiger partial charge in [0, 0.05) is 43.5 Å². The summed E-state index contributed by atoms with van der Waals surface area (Å²) in [5.74, 6) is 1.02. The molecule has 194 valence electrons. The predicted octanol–water partition coefficient (Wildman–Crippen LogP) is 5.52. The first-order chi connectivity index (χ1) is 17.7. The van der Waals surface area contributed by atoms with Crippen LogP contribution in [0, 0.1) is 6.92 Å². The Balaban J connectivity index is 1.45. The van der Waals surface area contributed by atoms with Gasteiger partial charge < -0.3 is 14.8 Å². The minimum atomic E-state index is -1.47. The largest absolute Gasteiger partial charge is 0.443 e. The van der Waals surface area contributed by atoms with Crippen LogP contribution in [0.15, 0.2) is 60.9 Å². The summed E-state index contributed by atoms with van der Waals surface area (Å²) in [7, 11) is 0. The van der Waals surface area contributed by atoms with Gasteiger partial charge in [0.05, 0.1) is 17.5 Å². The first-order valence-electron chi connectivity index (χ1n) is 12.9. The van der Waals surface area contributed by atoms with Crippen molar-refractivity contribution in [2.24, 2.45) is 0 Å². The van der Waals surface area contributed by atoms with Crippen LogP contribution in [0.4, 0.5) is 4.39 Å². The zero-order valence-electron chi connectivity index (χ0n) is 21.7. The molecule has 0 radical (unpaired) electrons. The topological polar surface area (TPSA) is 63.7 Å². The number of alkyl halides is 1. The molecule has 0 bridgehead atoms. The molecule has 3 heterocycles. The van der Waals surface area contributed by atoms with Crippen LogP contribution < -0.4 is 10.1 Å². The molecule has 2 aliphatic heterocycles. The Bertz CT molecular complexity index is 1310. The van der Waals surface area contributed by atoms with E-state index in [0.29, 0.717) is 37.8 Å². The van der Waals surface area contributed by atoms with E-state index in [4.69, 9.17) is 9.47 Å². The number of fused-ring (bicyclic) bond motifs is 1. The summed E-state index contributed by atoms with van der Waals surface area (Å²) in [5.41, 5.74) is 4.17. The molecule has 2 saturated heterocycles. The minimum absolute atomic E-state index is 0.0781. The molecule has 6 nitrogen and oxygen atoms in total. The second-order valence-corrected chi connectivity index (χ2v) is 10.3. The van der Waals surface area contributed by atoms with Gasteiger partial charge in [-0.25, -0.2) is 9.37 Å². The Morgan fingerprint density at radius 1 is 1.22 bits per heavy atom. The van der Waals surface area contributed by atoms with Crippen molar-refractivity contribution in [3.8, 4) is 5.88 Å². The van der Waals surface area contributed by atoms with Gasteiger partial charge in [0.2, 0.25) is 18.1 Å². The molecule has 2 fully saturated rings. The van der Waals surface area contributed by atoms with E-state index < -0.39 is 11.9 Å². The summed E-state index contributed by atoms with van der Waals surface area (Å²) < 4.78 is 24.8. The maximum atomic E-state index is 13.9. The van der Waals surface area contributed by atoms with E-state index in [1.807, 2.05) is 41.3 Å². The number of aromatic nitrogens is 1. The van der Waals surface area contributed by atoms with Crippen molar-refractivity contribution in [1.82, 2.24) is 15.2 Å². The minimum Gasteiger partial charge on any atom is -0.443 e. The number of carbonyl (C=O) groups is 1. The predicted molar refractivity (Wildman–Crippen MR) is 142 cm³/mol. The van der Waals surface area contributed by atoms with Crippen molar-refractivity contribution < 1.29 is 18.7 Å². The number of amides is 1. The SMILES string of the molecule is C=C1N[C@](C)(c2cccc(Cc3cc4ccccc4nc3OC(C)F)c2C)CC(=O)N1C1CCOCC1. The van der Waals surface area contributed by atoms with Crippen LogP contribution in [-0.4, -0.2) is 41.4 Å². The summed E-state index contributed by atoms with van der Waals surface area (Å²) in [5, 5.41) is 4.54. The lowest BCUT2D eigenvalue weighted by Gasteiger charge is -2.46. The van der Waals surface area contributed by atoms with E-state index in [0.717, 1.165) is 46.0 Å². The molecule has 1 aromatic heterocycles. The molecular formula is C30H34FN3O3. The van der Waals surface area contributed by atoms with Crippen LogP contribution >= 0.6 is 0 Å². The number of benzene rings is 2. The van der Waals surface area contributed by atoms with Gasteiger partial charge in [-0.05, 0) is 55.5 Å². The molecule has 0 saturated carbocycles. The molecule has 5 rings (SSSR count). The fourth-order valence-corrected chi connectivity index (χ4v) is 5.69. The van der Waals surface area contributed by atoms with E-state index >= 15 is 0 Å². The third-order valence-electron chi connectivity index (χ3n) is 7.50. The molecule has 2 aromatic carbocycles. The number of hydrogen-bond donors (Lipinski definition) is 1. The van der Waals surface area contributed by atoms with Gasteiger partial charge in [0.15, 0.2) is 0 Å². The first kappa shape index (κ1) is 25.2. The maximum Gasteiger partial charge on any atom is 0.237 e. The Morgan fingerprint density at radius 2 is 1.97 bits per heavy atom. The van der Waals surface area contributed by atoms with Gasteiger partial charge in [0.25, 0.3) is 0 Å². The van der Waals surface area contributed by atoms with E-state index in [9.17, 15) is 9.18 Å². The standard InChI is InChI=1S/C30H34FN3O3/c1-19-22(16-24-17-23-8-5-6-11-27(23)32-29(24)37-20(2)31)9-7-10-26(19)30(4)18-28(35)34(21(3)33-30)25-12-14-36-15-13-25/h5-11,17,20,25,33H,3,12-16,18H2,1-2,4H3/t20?,30-/m0/s1. The third-order valence-corrected chi connectivity index (χ3v) is 7.50. The number of ether oxygens (including phenoxy) is 2. The molecule has 1 amide bonds. The van der Waals surface area contributed by atoms with E-state index in [2.05, 4.69) is 42.9 Å². The highest BCUT2D eigenvalue weighted by Gasteiger charge is 2.42. The van der Waals surface area contributed by atoms with E-state index in [-0.39, 0.29) is 11.9 Å². The number of nitrogens with zero attached hydrogens (tertiary/aromatic N) is 2. The highest BCUT2D eigenvalue weighted by atomic mass is 19.1. The number of nitrogens with one attached hydrogen (secondary N) is 1. The Labute approximate surface area is 217 Å². The second kappa shape index (κ2) is 10.1. The number of para-hydroxylation sites is 1. The van der Waals surface area contributed by atoms with Crippen molar-refractivity contribution in [2.75, 3.05) is 13.2 Å². The average Bonchev–Trinajstić information content (AvgIpc) is 2.85. The van der Waals surface area contributed by atoms with Gasteiger partial charge in [0.1, 0.15) is 5.82 Å². The van der Waals surface area contributed by atoms with Gasteiger partial charge in [-0.1, -0.05) is 43.0 Å². The molecule has 0 aliphatic carbocycles. The van der Waals surface area contributed by atoms with E-state index in [1.165, 1.54) is 6.92 Å². The normalized spacial score (nSPS) is 21.7. The van der Waals surface area contributed by atoms with Crippen molar-refractivity contribution in [1.29, 1.82) is 0 Å². The number of rotatable bonds is 6. The maximum absolute atomic E-state index is 13.9. The highest BCUT2D eigenvalue weighted by Crippen LogP contribution is 2.37. The Kier molecular flexibility index (Phi) is 6.90.